The van der Waals surface area contributed by atoms with Crippen LogP contribution in [0.15, 0.2) is 60.7 Å². The van der Waals surface area contributed by atoms with Gasteiger partial charge in [0.1, 0.15) is 12.1 Å². The lowest BCUT2D eigenvalue weighted by Crippen LogP contribution is -2.62. The van der Waals surface area contributed by atoms with E-state index in [1.165, 1.54) is 15.0 Å². The van der Waals surface area contributed by atoms with Crippen molar-refractivity contribution in [2.75, 3.05) is 13.2 Å². The molecular weight excluding hydrogens is 410 g/mol. The number of piperazine rings is 1. The molecule has 0 aliphatic carbocycles. The van der Waals surface area contributed by atoms with E-state index < -0.39 is 12.1 Å². The molecule has 2 aliphatic rings. The van der Waals surface area contributed by atoms with Crippen LogP contribution in [0.1, 0.15) is 16.9 Å². The van der Waals surface area contributed by atoms with E-state index in [2.05, 4.69) is 34.9 Å². The van der Waals surface area contributed by atoms with E-state index in [-0.39, 0.29) is 24.5 Å². The predicted molar refractivity (Wildman–Crippen MR) is 121 cm³/mol. The summed E-state index contributed by atoms with van der Waals surface area (Å²) in [6, 6.07) is 19.5. The van der Waals surface area contributed by atoms with Crippen LogP contribution in [0.25, 0.3) is 10.1 Å². The first-order chi connectivity index (χ1) is 15.2. The number of nitrogens with zero attached hydrogens (tertiary/aromatic N) is 1. The van der Waals surface area contributed by atoms with Crippen molar-refractivity contribution in [1.29, 1.82) is 0 Å². The zero-order chi connectivity index (χ0) is 21.2. The fourth-order valence-electron chi connectivity index (χ4n) is 4.36. The van der Waals surface area contributed by atoms with Crippen LogP contribution in [-0.4, -0.2) is 48.0 Å². The number of hydrogen-bond acceptors (Lipinski definition) is 5. The number of nitrogens with one attached hydrogen (secondary N) is 2. The molecule has 0 spiro atoms. The third kappa shape index (κ3) is 4.35. The standard InChI is InChI=1S/C24H25N3O3S/c28-23-21-11-18(25-12-19-10-17-8-4-5-9-22(17)31-19)13-27(21)24(29)20(26-23)15-30-14-16-6-2-1-3-7-16/h1-10,18,20-21,25H,11-15H2,(H,26,28)/t18-,20-,21-/m0/s1. The predicted octanol–water partition coefficient (Wildman–Crippen LogP) is 2.68. The van der Waals surface area contributed by atoms with Crippen molar-refractivity contribution < 1.29 is 14.3 Å². The Kier molecular flexibility index (Phi) is 5.72. The summed E-state index contributed by atoms with van der Waals surface area (Å²) in [6.45, 7) is 1.90. The van der Waals surface area contributed by atoms with Gasteiger partial charge >= 0.3 is 0 Å². The van der Waals surface area contributed by atoms with Crippen LogP contribution in [0, 0.1) is 0 Å². The highest BCUT2D eigenvalue weighted by molar-refractivity contribution is 7.19. The lowest BCUT2D eigenvalue weighted by atomic mass is 10.1. The molecule has 2 amide bonds. The molecule has 2 aromatic carbocycles. The van der Waals surface area contributed by atoms with E-state index in [1.54, 1.807) is 16.2 Å². The molecule has 2 N–H and O–H groups in total. The van der Waals surface area contributed by atoms with E-state index in [4.69, 9.17) is 4.74 Å². The van der Waals surface area contributed by atoms with E-state index in [9.17, 15) is 9.59 Å². The van der Waals surface area contributed by atoms with Crippen LogP contribution in [0.5, 0.6) is 0 Å². The van der Waals surface area contributed by atoms with Crippen molar-refractivity contribution in [3.05, 3.63) is 71.1 Å². The molecule has 2 aliphatic heterocycles. The second kappa shape index (κ2) is 8.78. The SMILES string of the molecule is O=C1N[C@@H](COCc2ccccc2)C(=O)N2C[C@@H](NCc3cc4ccccc4s3)C[C@@H]12. The van der Waals surface area contributed by atoms with Crippen molar-refractivity contribution in [2.24, 2.45) is 0 Å². The topological polar surface area (TPSA) is 70.7 Å². The van der Waals surface area contributed by atoms with Gasteiger partial charge in [0.25, 0.3) is 0 Å². The Morgan fingerprint density at radius 3 is 2.74 bits per heavy atom. The Hall–Kier alpha value is -2.74. The first-order valence-electron chi connectivity index (χ1n) is 10.6. The minimum Gasteiger partial charge on any atom is -0.374 e. The number of thiophene rings is 1. The second-order valence-corrected chi connectivity index (χ2v) is 9.30. The minimum atomic E-state index is -0.617. The molecule has 3 atom stereocenters. The van der Waals surface area contributed by atoms with Gasteiger partial charge < -0.3 is 20.3 Å². The molecule has 0 bridgehead atoms. The first kappa shape index (κ1) is 20.2. The molecule has 0 radical (unpaired) electrons. The normalized spacial score (nSPS) is 23.2. The van der Waals surface area contributed by atoms with E-state index in [0.717, 1.165) is 12.1 Å². The Bertz CT molecular complexity index is 1050. The average Bonchev–Trinajstić information content (AvgIpc) is 3.41. The van der Waals surface area contributed by atoms with Crippen LogP contribution in [0.3, 0.4) is 0 Å². The van der Waals surface area contributed by atoms with Crippen molar-refractivity contribution >= 4 is 33.2 Å². The summed E-state index contributed by atoms with van der Waals surface area (Å²) in [5.74, 6) is -0.136. The number of fused-ring (bicyclic) bond motifs is 2. The maximum absolute atomic E-state index is 12.9. The maximum Gasteiger partial charge on any atom is 0.248 e. The summed E-state index contributed by atoms with van der Waals surface area (Å²) in [5, 5.41) is 7.65. The summed E-state index contributed by atoms with van der Waals surface area (Å²) in [5.41, 5.74) is 1.04. The van der Waals surface area contributed by atoms with E-state index in [1.807, 2.05) is 36.4 Å². The molecule has 3 heterocycles. The fourth-order valence-corrected chi connectivity index (χ4v) is 5.37. The van der Waals surface area contributed by atoms with Gasteiger partial charge in [0.05, 0.1) is 13.2 Å². The zero-order valence-corrected chi connectivity index (χ0v) is 17.9. The number of hydrogen-bond donors (Lipinski definition) is 2. The van der Waals surface area contributed by atoms with Gasteiger partial charge in [-0.3, -0.25) is 9.59 Å². The smallest absolute Gasteiger partial charge is 0.248 e. The van der Waals surface area contributed by atoms with Crippen LogP contribution in [0.2, 0.25) is 0 Å². The van der Waals surface area contributed by atoms with Crippen molar-refractivity contribution in [3.63, 3.8) is 0 Å². The Labute approximate surface area is 185 Å². The fraction of sp³-hybridized carbons (Fsp3) is 0.333. The summed E-state index contributed by atoms with van der Waals surface area (Å²) in [4.78, 5) is 28.5. The van der Waals surface area contributed by atoms with E-state index in [0.29, 0.717) is 19.6 Å². The molecule has 2 saturated heterocycles. The molecule has 7 heteroatoms. The van der Waals surface area contributed by atoms with Crippen LogP contribution < -0.4 is 10.6 Å². The van der Waals surface area contributed by atoms with E-state index >= 15 is 0 Å². The molecule has 0 unspecified atom stereocenters. The third-order valence-corrected chi connectivity index (χ3v) is 7.06. The zero-order valence-electron chi connectivity index (χ0n) is 17.1. The number of carbonyl (C=O) groups is 2. The van der Waals surface area contributed by atoms with Gasteiger partial charge in [0, 0.05) is 28.7 Å². The highest BCUT2D eigenvalue weighted by Gasteiger charge is 2.46. The Morgan fingerprint density at radius 2 is 1.90 bits per heavy atom. The Balaban J connectivity index is 1.16. The third-order valence-electron chi connectivity index (χ3n) is 5.94. The van der Waals surface area contributed by atoms with Gasteiger partial charge in [-0.1, -0.05) is 48.5 Å². The van der Waals surface area contributed by atoms with Crippen molar-refractivity contribution in [3.8, 4) is 0 Å². The van der Waals surface area contributed by atoms with Gasteiger partial charge in [-0.2, -0.15) is 0 Å². The largest absolute Gasteiger partial charge is 0.374 e. The van der Waals surface area contributed by atoms with Crippen molar-refractivity contribution in [1.82, 2.24) is 15.5 Å². The molecule has 160 valence electrons. The van der Waals surface area contributed by atoms with Gasteiger partial charge in [-0.05, 0) is 29.5 Å². The van der Waals surface area contributed by atoms with Crippen LogP contribution in [-0.2, 0) is 27.5 Å². The molecule has 1 aromatic heterocycles. The van der Waals surface area contributed by atoms with Gasteiger partial charge in [0.15, 0.2) is 0 Å². The highest BCUT2D eigenvalue weighted by Crippen LogP contribution is 2.27. The summed E-state index contributed by atoms with van der Waals surface area (Å²) in [7, 11) is 0. The van der Waals surface area contributed by atoms with Crippen LogP contribution >= 0.6 is 11.3 Å². The van der Waals surface area contributed by atoms with Crippen molar-refractivity contribution in [2.45, 2.75) is 37.7 Å². The molecule has 3 aromatic rings. The number of carbonyl (C=O) groups excluding carboxylic acids is 2. The molecule has 0 saturated carbocycles. The first-order valence-corrected chi connectivity index (χ1v) is 11.4. The minimum absolute atomic E-state index is 0.0520. The highest BCUT2D eigenvalue weighted by atomic mass is 32.1. The number of amides is 2. The number of benzene rings is 2. The molecule has 5 rings (SSSR count). The quantitative estimate of drug-likeness (QED) is 0.599. The number of rotatable bonds is 7. The molecule has 31 heavy (non-hydrogen) atoms. The Morgan fingerprint density at radius 1 is 1.10 bits per heavy atom. The van der Waals surface area contributed by atoms with Crippen LogP contribution in [0.4, 0.5) is 0 Å². The van der Waals surface area contributed by atoms with Gasteiger partial charge in [-0.25, -0.2) is 0 Å². The average molecular weight is 436 g/mol. The summed E-state index contributed by atoms with van der Waals surface area (Å²) < 4.78 is 6.99. The lowest BCUT2D eigenvalue weighted by Gasteiger charge is -2.34. The number of ether oxygens (including phenoxy) is 1. The monoisotopic (exact) mass is 435 g/mol. The van der Waals surface area contributed by atoms with Gasteiger partial charge in [-0.15, -0.1) is 11.3 Å². The maximum atomic E-state index is 12.9. The lowest BCUT2D eigenvalue weighted by molar-refractivity contribution is -0.148. The molecule has 6 nitrogen and oxygen atoms in total. The second-order valence-electron chi connectivity index (χ2n) is 8.13. The molecule has 2 fully saturated rings. The summed E-state index contributed by atoms with van der Waals surface area (Å²) >= 11 is 1.78. The summed E-state index contributed by atoms with van der Waals surface area (Å²) in [6.07, 6.45) is 0.639. The molecular formula is C24H25N3O3S. The van der Waals surface area contributed by atoms with Gasteiger partial charge in [0.2, 0.25) is 11.8 Å².